The second-order valence-corrected chi connectivity index (χ2v) is 4.59. The first kappa shape index (κ1) is 18.4. The van der Waals surface area contributed by atoms with Crippen LogP contribution in [0.4, 0.5) is 0 Å². The predicted molar refractivity (Wildman–Crippen MR) is 78.5 cm³/mol. The van der Waals surface area contributed by atoms with Crippen molar-refractivity contribution in [2.45, 2.75) is 6.92 Å². The molecule has 1 rings (SSSR count). The van der Waals surface area contributed by atoms with Gasteiger partial charge in [-0.25, -0.2) is 4.79 Å². The van der Waals surface area contributed by atoms with E-state index in [0.717, 1.165) is 0 Å². The second-order valence-electron chi connectivity index (χ2n) is 4.59. The highest BCUT2D eigenvalue weighted by atomic mass is 16.9. The number of esters is 2. The lowest BCUT2D eigenvalue weighted by atomic mass is 10.2. The molecule has 0 aliphatic carbocycles. The average molecular weight is 326 g/mol. The first-order chi connectivity index (χ1) is 10.9. The van der Waals surface area contributed by atoms with Crippen LogP contribution in [0.1, 0.15) is 17.3 Å². The van der Waals surface area contributed by atoms with Gasteiger partial charge < -0.3 is 19.2 Å². The fraction of sp³-hybridized carbons (Fsp3) is 0.429. The summed E-state index contributed by atoms with van der Waals surface area (Å²) < 4.78 is 10.0. The van der Waals surface area contributed by atoms with Gasteiger partial charge in [-0.3, -0.25) is 4.79 Å². The van der Waals surface area contributed by atoms with Gasteiger partial charge in [0.05, 0.1) is 0 Å². The molecular formula is C14H18N2O7. The number of para-hydroxylation sites is 1. The lowest BCUT2D eigenvalue weighted by Crippen LogP contribution is -2.28. The molecule has 126 valence electrons. The van der Waals surface area contributed by atoms with E-state index in [-0.39, 0.29) is 24.5 Å². The monoisotopic (exact) mass is 326 g/mol. The zero-order valence-corrected chi connectivity index (χ0v) is 12.9. The van der Waals surface area contributed by atoms with Gasteiger partial charge in [-0.2, -0.15) is 0 Å². The Hall–Kier alpha value is -2.68. The molecule has 0 aliphatic heterocycles. The standard InChI is InChI=1S/C14H18N2O7/c1-11(17)23-13-6-4-3-5-12(13)14(18)21-9-7-15(2)8-10-22-16(19)20/h3-6H,7-10H2,1-2H3. The number of hydrogen-bond donors (Lipinski definition) is 0. The Morgan fingerprint density at radius 2 is 1.87 bits per heavy atom. The minimum atomic E-state index is -0.861. The lowest BCUT2D eigenvalue weighted by Gasteiger charge is -2.16. The summed E-state index contributed by atoms with van der Waals surface area (Å²) in [4.78, 5) is 38.9. The number of likely N-dealkylation sites (N-methyl/N-ethyl adjacent to an activating group) is 1. The Morgan fingerprint density at radius 3 is 2.52 bits per heavy atom. The van der Waals surface area contributed by atoms with Gasteiger partial charge in [0, 0.05) is 20.0 Å². The van der Waals surface area contributed by atoms with Crippen molar-refractivity contribution >= 4 is 11.9 Å². The van der Waals surface area contributed by atoms with Crippen LogP contribution in [-0.4, -0.2) is 55.3 Å². The van der Waals surface area contributed by atoms with Gasteiger partial charge in [0.2, 0.25) is 0 Å². The molecule has 0 unspecified atom stereocenters. The fourth-order valence-electron chi connectivity index (χ4n) is 1.63. The summed E-state index contributed by atoms with van der Waals surface area (Å²) in [5, 5.41) is 9.15. The summed E-state index contributed by atoms with van der Waals surface area (Å²) in [7, 11) is 1.71. The zero-order chi connectivity index (χ0) is 17.2. The van der Waals surface area contributed by atoms with E-state index in [1.807, 2.05) is 0 Å². The molecule has 0 aromatic heterocycles. The molecule has 0 spiro atoms. The molecule has 9 heteroatoms. The number of rotatable bonds is 9. The molecule has 1 aromatic rings. The van der Waals surface area contributed by atoms with Crippen LogP contribution < -0.4 is 4.74 Å². The van der Waals surface area contributed by atoms with Crippen LogP contribution in [0.3, 0.4) is 0 Å². The molecular weight excluding hydrogens is 308 g/mol. The van der Waals surface area contributed by atoms with Crippen LogP contribution in [0, 0.1) is 10.1 Å². The van der Waals surface area contributed by atoms with Crippen LogP contribution in [0.15, 0.2) is 24.3 Å². The number of carbonyl (C=O) groups is 2. The summed E-state index contributed by atoms with van der Waals surface area (Å²) in [5.74, 6) is -1.01. The van der Waals surface area contributed by atoms with Crippen molar-refractivity contribution in [1.82, 2.24) is 4.90 Å². The highest BCUT2D eigenvalue weighted by Gasteiger charge is 2.15. The van der Waals surface area contributed by atoms with Crippen molar-refractivity contribution in [3.63, 3.8) is 0 Å². The number of hydrogen-bond acceptors (Lipinski definition) is 8. The van der Waals surface area contributed by atoms with Gasteiger partial charge in [0.15, 0.2) is 0 Å². The molecule has 0 aliphatic rings. The third-order valence-corrected chi connectivity index (χ3v) is 2.74. The summed E-state index contributed by atoms with van der Waals surface area (Å²) in [6.07, 6.45) is 0. The van der Waals surface area contributed by atoms with E-state index >= 15 is 0 Å². The number of benzene rings is 1. The molecule has 23 heavy (non-hydrogen) atoms. The first-order valence-electron chi connectivity index (χ1n) is 6.80. The number of carbonyl (C=O) groups excluding carboxylic acids is 2. The summed E-state index contributed by atoms with van der Waals surface area (Å²) >= 11 is 0. The third-order valence-electron chi connectivity index (χ3n) is 2.74. The Bertz CT molecular complexity index is 562. The Kier molecular flexibility index (Phi) is 7.48. The van der Waals surface area contributed by atoms with Crippen molar-refractivity contribution < 1.29 is 29.0 Å². The van der Waals surface area contributed by atoms with Gasteiger partial charge in [0.25, 0.3) is 5.09 Å². The molecule has 0 fully saturated rings. The van der Waals surface area contributed by atoms with E-state index in [9.17, 15) is 19.7 Å². The highest BCUT2D eigenvalue weighted by molar-refractivity contribution is 5.93. The van der Waals surface area contributed by atoms with Crippen molar-refractivity contribution in [2.24, 2.45) is 0 Å². The third kappa shape index (κ3) is 7.23. The Balaban J connectivity index is 2.42. The van der Waals surface area contributed by atoms with Gasteiger partial charge in [-0.1, -0.05) is 12.1 Å². The van der Waals surface area contributed by atoms with E-state index < -0.39 is 17.0 Å². The molecule has 1 aromatic carbocycles. The highest BCUT2D eigenvalue weighted by Crippen LogP contribution is 2.19. The first-order valence-corrected chi connectivity index (χ1v) is 6.80. The van der Waals surface area contributed by atoms with Crippen molar-refractivity contribution in [3.8, 4) is 5.75 Å². The number of nitrogens with zero attached hydrogens (tertiary/aromatic N) is 2. The maximum absolute atomic E-state index is 12.0. The zero-order valence-electron chi connectivity index (χ0n) is 12.9. The van der Waals surface area contributed by atoms with Crippen LogP contribution in [0.2, 0.25) is 0 Å². The van der Waals surface area contributed by atoms with Gasteiger partial charge >= 0.3 is 11.9 Å². The predicted octanol–water partition coefficient (Wildman–Crippen LogP) is 0.909. The molecule has 0 N–H and O–H groups in total. The van der Waals surface area contributed by atoms with Gasteiger partial charge in [-0.05, 0) is 19.2 Å². The summed E-state index contributed by atoms with van der Waals surface area (Å²) in [6.45, 7) is 1.96. The van der Waals surface area contributed by atoms with Crippen LogP contribution >= 0.6 is 0 Å². The lowest BCUT2D eigenvalue weighted by molar-refractivity contribution is -0.757. The topological polar surface area (TPSA) is 108 Å². The molecule has 0 bridgehead atoms. The maximum atomic E-state index is 12.0. The van der Waals surface area contributed by atoms with E-state index in [1.54, 1.807) is 24.1 Å². The van der Waals surface area contributed by atoms with E-state index in [0.29, 0.717) is 13.1 Å². The molecule has 0 saturated heterocycles. The van der Waals surface area contributed by atoms with Gasteiger partial charge in [0.1, 0.15) is 24.5 Å². The van der Waals surface area contributed by atoms with Crippen molar-refractivity contribution in [2.75, 3.05) is 33.4 Å². The molecule has 0 radical (unpaired) electrons. The normalized spacial score (nSPS) is 10.2. The largest absolute Gasteiger partial charge is 0.461 e. The summed E-state index contributed by atoms with van der Waals surface area (Å²) in [5.41, 5.74) is 0.155. The molecule has 9 nitrogen and oxygen atoms in total. The molecule has 0 atom stereocenters. The Morgan fingerprint density at radius 1 is 1.22 bits per heavy atom. The Labute approximate surface area is 132 Å². The van der Waals surface area contributed by atoms with E-state index in [1.165, 1.54) is 19.1 Å². The fourth-order valence-corrected chi connectivity index (χ4v) is 1.63. The molecule has 0 saturated carbocycles. The van der Waals surface area contributed by atoms with Gasteiger partial charge in [-0.15, -0.1) is 10.1 Å². The molecule has 0 amide bonds. The minimum Gasteiger partial charge on any atom is -0.461 e. The maximum Gasteiger partial charge on any atom is 0.341 e. The van der Waals surface area contributed by atoms with Crippen molar-refractivity contribution in [3.05, 3.63) is 39.9 Å². The van der Waals surface area contributed by atoms with E-state index in [4.69, 9.17) is 9.47 Å². The van der Waals surface area contributed by atoms with Crippen molar-refractivity contribution in [1.29, 1.82) is 0 Å². The summed E-state index contributed by atoms with van der Waals surface area (Å²) in [6, 6.07) is 6.26. The van der Waals surface area contributed by atoms with Crippen LogP contribution in [-0.2, 0) is 14.4 Å². The smallest absolute Gasteiger partial charge is 0.341 e. The second kappa shape index (κ2) is 9.36. The number of ether oxygens (including phenoxy) is 2. The SMILES string of the molecule is CC(=O)Oc1ccccc1C(=O)OCCN(C)CCO[N+](=O)[O-]. The van der Waals surface area contributed by atoms with Crippen LogP contribution in [0.25, 0.3) is 0 Å². The molecule has 0 heterocycles. The van der Waals surface area contributed by atoms with E-state index in [2.05, 4.69) is 4.84 Å². The quantitative estimate of drug-likeness (QED) is 0.285. The minimum absolute atomic E-state index is 0.0628. The average Bonchev–Trinajstić information content (AvgIpc) is 2.46. The van der Waals surface area contributed by atoms with Crippen LogP contribution in [0.5, 0.6) is 5.75 Å².